The zero-order valence-corrected chi connectivity index (χ0v) is 29.0. The first-order chi connectivity index (χ1) is 25.0. The van der Waals surface area contributed by atoms with Gasteiger partial charge in [0.25, 0.3) is 0 Å². The first-order valence-corrected chi connectivity index (χ1v) is 18.1. The average Bonchev–Trinajstić information content (AvgIpc) is 3.81. The van der Waals surface area contributed by atoms with Crippen molar-refractivity contribution in [3.8, 4) is 22.9 Å². The summed E-state index contributed by atoms with van der Waals surface area (Å²) < 4.78 is 48.1. The van der Waals surface area contributed by atoms with Crippen molar-refractivity contribution in [3.63, 3.8) is 0 Å². The van der Waals surface area contributed by atoms with E-state index in [4.69, 9.17) is 14.7 Å². The summed E-state index contributed by atoms with van der Waals surface area (Å²) in [6, 6.07) is 8.60. The number of ether oxygens (including phenoxy) is 1. The molecule has 1 saturated carbocycles. The Kier molecular flexibility index (Phi) is 7.66. The van der Waals surface area contributed by atoms with E-state index in [-0.39, 0.29) is 34.9 Å². The Labute approximate surface area is 299 Å². The number of halogens is 3. The highest BCUT2D eigenvalue weighted by molar-refractivity contribution is 6.06. The number of alkyl halides is 3. The van der Waals surface area contributed by atoms with Gasteiger partial charge in [0.1, 0.15) is 11.3 Å². The second kappa shape index (κ2) is 12.1. The van der Waals surface area contributed by atoms with E-state index in [2.05, 4.69) is 43.6 Å². The number of amides is 1. The van der Waals surface area contributed by atoms with Crippen LogP contribution >= 0.6 is 0 Å². The third-order valence-corrected chi connectivity index (χ3v) is 11.8. The number of hydrogen-bond acceptors (Lipinski definition) is 9. The summed E-state index contributed by atoms with van der Waals surface area (Å²) in [5.74, 6) is 1.45. The monoisotopic (exact) mass is 711 g/mol. The number of benzene rings is 2. The van der Waals surface area contributed by atoms with Gasteiger partial charge in [0.15, 0.2) is 12.4 Å². The zero-order chi connectivity index (χ0) is 35.9. The zero-order valence-electron chi connectivity index (χ0n) is 29.0. The standard InChI is InChI=1S/C38H40F3N9O2/c1-3-30(51)50-19-37(20-50)8-10-47(11-9-37)35-27-12-26(24-5-6-24)32(31-22(2)4-7-29-28(31)14-43-46-29)34(52-21-38(39,40)41)33(27)44-36(45-35)49-17-25(18-49)48-15-23(13-42)16-48/h3-4,7,12,14,23-25H,1,5-6,8-11,15-21H2,2H3,(H,43,46). The normalized spacial score (nSPS) is 20.9. The number of aromatic nitrogens is 4. The van der Waals surface area contributed by atoms with Crippen molar-refractivity contribution in [2.45, 2.75) is 50.7 Å². The Morgan fingerprint density at radius 3 is 2.52 bits per heavy atom. The number of nitrogens with zero attached hydrogens (tertiary/aromatic N) is 8. The van der Waals surface area contributed by atoms with Crippen LogP contribution in [0.25, 0.3) is 32.9 Å². The quantitative estimate of drug-likeness (QED) is 0.235. The van der Waals surface area contributed by atoms with Crippen molar-refractivity contribution < 1.29 is 22.7 Å². The minimum absolute atomic E-state index is 0.0398. The molecule has 1 aliphatic carbocycles. The molecule has 270 valence electrons. The van der Waals surface area contributed by atoms with Gasteiger partial charge >= 0.3 is 6.18 Å². The van der Waals surface area contributed by atoms with Crippen LogP contribution in [0.3, 0.4) is 0 Å². The van der Waals surface area contributed by atoms with E-state index >= 15 is 0 Å². The van der Waals surface area contributed by atoms with Crippen LogP contribution in [-0.4, -0.2) is 107 Å². The molecule has 4 saturated heterocycles. The molecule has 0 bridgehead atoms. The summed E-state index contributed by atoms with van der Waals surface area (Å²) in [5.41, 5.74) is 4.48. The maximum atomic E-state index is 14.1. The molecular weight excluding hydrogens is 671 g/mol. The number of rotatable bonds is 8. The molecule has 1 N–H and O–H groups in total. The molecule has 2 aromatic carbocycles. The maximum Gasteiger partial charge on any atom is 0.422 e. The molecule has 1 amide bonds. The maximum absolute atomic E-state index is 14.1. The number of anilines is 2. The van der Waals surface area contributed by atoms with Crippen LogP contribution in [0, 0.1) is 29.6 Å². The summed E-state index contributed by atoms with van der Waals surface area (Å²) in [6.45, 7) is 9.74. The van der Waals surface area contributed by atoms with Crippen molar-refractivity contribution in [3.05, 3.63) is 48.2 Å². The second-order valence-electron chi connectivity index (χ2n) is 15.4. The summed E-state index contributed by atoms with van der Waals surface area (Å²) in [7, 11) is 0. The van der Waals surface area contributed by atoms with Gasteiger partial charge in [0.2, 0.25) is 11.9 Å². The lowest BCUT2D eigenvalue weighted by atomic mass is 9.72. The molecule has 14 heteroatoms. The van der Waals surface area contributed by atoms with E-state index in [0.717, 1.165) is 66.4 Å². The first-order valence-electron chi connectivity index (χ1n) is 18.1. The van der Waals surface area contributed by atoms with Crippen molar-refractivity contribution in [1.29, 1.82) is 5.26 Å². The highest BCUT2D eigenvalue weighted by Gasteiger charge is 2.47. The number of aryl methyl sites for hydroxylation is 1. The van der Waals surface area contributed by atoms with Gasteiger partial charge in [-0.2, -0.15) is 28.5 Å². The first kappa shape index (κ1) is 33.0. The van der Waals surface area contributed by atoms with Gasteiger partial charge in [-0.3, -0.25) is 14.8 Å². The fourth-order valence-electron chi connectivity index (χ4n) is 8.64. The molecule has 2 aromatic heterocycles. The number of aromatic amines is 1. The summed E-state index contributed by atoms with van der Waals surface area (Å²) >= 11 is 0. The number of carbonyl (C=O) groups excluding carboxylic acids is 1. The van der Waals surface area contributed by atoms with Crippen molar-refractivity contribution in [1.82, 2.24) is 30.0 Å². The molecule has 5 aliphatic rings. The lowest BCUT2D eigenvalue weighted by Gasteiger charge is -2.54. The third kappa shape index (κ3) is 5.60. The predicted octanol–water partition coefficient (Wildman–Crippen LogP) is 5.56. The molecule has 11 nitrogen and oxygen atoms in total. The van der Waals surface area contributed by atoms with Crippen molar-refractivity contribution >= 4 is 39.5 Å². The van der Waals surface area contributed by atoms with E-state index in [1.807, 2.05) is 24.0 Å². The highest BCUT2D eigenvalue weighted by Crippen LogP contribution is 2.53. The van der Waals surface area contributed by atoms with Crippen LogP contribution in [0.1, 0.15) is 42.7 Å². The molecule has 6 heterocycles. The predicted molar refractivity (Wildman–Crippen MR) is 190 cm³/mol. The van der Waals surface area contributed by atoms with E-state index in [1.165, 1.54) is 6.08 Å². The van der Waals surface area contributed by atoms with E-state index in [9.17, 15) is 23.2 Å². The number of hydrogen-bond donors (Lipinski definition) is 1. The van der Waals surface area contributed by atoms with Gasteiger partial charge in [0.05, 0.1) is 23.7 Å². The van der Waals surface area contributed by atoms with Crippen LogP contribution in [0.4, 0.5) is 24.9 Å². The van der Waals surface area contributed by atoms with Gasteiger partial charge in [-0.15, -0.1) is 0 Å². The van der Waals surface area contributed by atoms with E-state index in [0.29, 0.717) is 67.5 Å². The Balaban J connectivity index is 1.18. The third-order valence-electron chi connectivity index (χ3n) is 11.8. The molecule has 4 aromatic rings. The lowest BCUT2D eigenvalue weighted by Crippen LogP contribution is -2.65. The van der Waals surface area contributed by atoms with Crippen molar-refractivity contribution in [2.75, 3.05) is 68.8 Å². The van der Waals surface area contributed by atoms with Gasteiger partial charge < -0.3 is 19.4 Å². The number of carbonyl (C=O) groups is 1. The number of nitrogens with one attached hydrogen (secondary N) is 1. The molecule has 0 unspecified atom stereocenters. The smallest absolute Gasteiger partial charge is 0.422 e. The minimum atomic E-state index is -4.57. The summed E-state index contributed by atoms with van der Waals surface area (Å²) in [4.78, 5) is 30.9. The Hall–Kier alpha value is -4.90. The second-order valence-corrected chi connectivity index (χ2v) is 15.4. The Morgan fingerprint density at radius 2 is 1.85 bits per heavy atom. The van der Waals surface area contributed by atoms with Gasteiger partial charge in [-0.05, 0) is 73.4 Å². The number of likely N-dealkylation sites (tertiary alicyclic amines) is 2. The number of nitriles is 1. The van der Waals surface area contributed by atoms with Gasteiger partial charge in [-0.25, -0.2) is 4.98 Å². The van der Waals surface area contributed by atoms with E-state index in [1.54, 1.807) is 6.20 Å². The molecule has 9 rings (SSSR count). The number of H-pyrrole nitrogens is 1. The Morgan fingerprint density at radius 1 is 1.10 bits per heavy atom. The number of fused-ring (bicyclic) bond motifs is 2. The SMILES string of the molecule is C=CC(=O)N1CC2(CCN(c3nc(N4CC(N5CC(C#N)C5)C4)nc4c(OCC(F)(F)F)c(-c5c(C)ccc6[nH]ncc56)c(C5CC5)cc34)CC2)C1. The van der Waals surface area contributed by atoms with Crippen LogP contribution in [0.15, 0.2) is 37.1 Å². The lowest BCUT2D eigenvalue weighted by molar-refractivity contribution is -0.153. The molecule has 0 atom stereocenters. The highest BCUT2D eigenvalue weighted by atomic mass is 19.4. The fourth-order valence-corrected chi connectivity index (χ4v) is 8.64. The molecule has 52 heavy (non-hydrogen) atoms. The minimum Gasteiger partial charge on any atom is -0.481 e. The Bertz CT molecular complexity index is 2130. The van der Waals surface area contributed by atoms with Crippen LogP contribution < -0.4 is 14.5 Å². The van der Waals surface area contributed by atoms with Crippen LogP contribution in [-0.2, 0) is 4.79 Å². The topological polar surface area (TPSA) is 118 Å². The fraction of sp³-hybridized carbons (Fsp3) is 0.500. The van der Waals surface area contributed by atoms with Crippen LogP contribution in [0.5, 0.6) is 5.75 Å². The largest absolute Gasteiger partial charge is 0.481 e. The number of piperidine rings is 1. The van der Waals surface area contributed by atoms with E-state index < -0.39 is 12.8 Å². The average molecular weight is 712 g/mol. The summed E-state index contributed by atoms with van der Waals surface area (Å²) in [6.07, 6.45) is 2.10. The van der Waals surface area contributed by atoms with Gasteiger partial charge in [0, 0.05) is 80.2 Å². The molecule has 5 fully saturated rings. The van der Waals surface area contributed by atoms with Crippen molar-refractivity contribution in [2.24, 2.45) is 11.3 Å². The molecule has 1 spiro atoms. The molecular formula is C38H40F3N9O2. The molecule has 4 aliphatic heterocycles. The molecule has 0 radical (unpaired) electrons. The summed E-state index contributed by atoms with van der Waals surface area (Å²) in [5, 5.41) is 18.1. The van der Waals surface area contributed by atoms with Gasteiger partial charge in [-0.1, -0.05) is 12.6 Å². The van der Waals surface area contributed by atoms with Crippen LogP contribution in [0.2, 0.25) is 0 Å².